The zero-order valence-electron chi connectivity index (χ0n) is 12.1. The quantitative estimate of drug-likeness (QED) is 0.612. The molecule has 1 aromatic carbocycles. The molecule has 0 spiro atoms. The molecule has 0 unspecified atom stereocenters. The lowest BCUT2D eigenvalue weighted by Crippen LogP contribution is -2.34. The maximum Gasteiger partial charge on any atom is 0.407 e. The maximum absolute atomic E-state index is 11.6. The molecule has 0 radical (unpaired) electrons. The summed E-state index contributed by atoms with van der Waals surface area (Å²) in [6.07, 6.45) is -0.839. The van der Waals surface area contributed by atoms with Crippen LogP contribution in [0.4, 0.5) is 4.79 Å². The summed E-state index contributed by atoms with van der Waals surface area (Å²) in [4.78, 5) is 34.0. The van der Waals surface area contributed by atoms with Gasteiger partial charge in [0, 0.05) is 12.5 Å². The largest absolute Gasteiger partial charge is 0.469 e. The molecule has 1 amide bonds. The summed E-state index contributed by atoms with van der Waals surface area (Å²) in [6, 6.07) is 8.85. The average Bonchev–Trinajstić information content (AvgIpc) is 2.45. The third-order valence-corrected chi connectivity index (χ3v) is 2.68. The Kier molecular flexibility index (Phi) is 6.94. The Morgan fingerprint density at radius 3 is 2.48 bits per heavy atom. The standard InChI is InChI=1S/C15H19NO5/c1-11(8-13(17)9-14(18)20-2)16-15(19)21-10-12-6-4-3-5-7-12/h3-7,11H,8-10H2,1-2H3,(H,16,19)/t11-/m1/s1. The summed E-state index contributed by atoms with van der Waals surface area (Å²) in [5.41, 5.74) is 0.877. The van der Waals surface area contributed by atoms with Crippen molar-refractivity contribution in [2.75, 3.05) is 7.11 Å². The number of rotatable bonds is 7. The lowest BCUT2D eigenvalue weighted by molar-refractivity contribution is -0.143. The lowest BCUT2D eigenvalue weighted by atomic mass is 10.1. The number of ether oxygens (including phenoxy) is 2. The molecule has 1 rings (SSSR count). The number of benzene rings is 1. The minimum Gasteiger partial charge on any atom is -0.469 e. The van der Waals surface area contributed by atoms with Crippen LogP contribution < -0.4 is 5.32 Å². The predicted molar refractivity (Wildman–Crippen MR) is 75.5 cm³/mol. The van der Waals surface area contributed by atoms with Gasteiger partial charge in [-0.3, -0.25) is 9.59 Å². The Hall–Kier alpha value is -2.37. The highest BCUT2D eigenvalue weighted by Crippen LogP contribution is 2.02. The number of ketones is 1. The minimum absolute atomic E-state index is 0.0511. The van der Waals surface area contributed by atoms with Crippen molar-refractivity contribution >= 4 is 17.8 Å². The normalized spacial score (nSPS) is 11.3. The summed E-state index contributed by atoms with van der Waals surface area (Å²) in [6.45, 7) is 1.83. The van der Waals surface area contributed by atoms with Crippen LogP contribution in [-0.2, 0) is 25.7 Å². The minimum atomic E-state index is -0.600. The molecule has 1 atom stereocenters. The summed E-state index contributed by atoms with van der Waals surface area (Å²) in [5.74, 6) is -0.878. The van der Waals surface area contributed by atoms with Crippen molar-refractivity contribution in [3.63, 3.8) is 0 Å². The van der Waals surface area contributed by atoms with E-state index in [1.54, 1.807) is 6.92 Å². The van der Waals surface area contributed by atoms with Crippen LogP contribution in [0.15, 0.2) is 30.3 Å². The molecule has 6 nitrogen and oxygen atoms in total. The van der Waals surface area contributed by atoms with Crippen molar-refractivity contribution < 1.29 is 23.9 Å². The van der Waals surface area contributed by atoms with Crippen LogP contribution in [0.5, 0.6) is 0 Å². The van der Waals surface area contributed by atoms with Crippen LogP contribution in [0, 0.1) is 0 Å². The van der Waals surface area contributed by atoms with E-state index in [1.807, 2.05) is 30.3 Å². The van der Waals surface area contributed by atoms with Crippen molar-refractivity contribution in [3.8, 4) is 0 Å². The van der Waals surface area contributed by atoms with Gasteiger partial charge in [0.05, 0.1) is 7.11 Å². The number of methoxy groups -OCH3 is 1. The Morgan fingerprint density at radius 1 is 1.19 bits per heavy atom. The van der Waals surface area contributed by atoms with Gasteiger partial charge in [0.25, 0.3) is 0 Å². The number of carbonyl (C=O) groups excluding carboxylic acids is 3. The first-order chi connectivity index (χ1) is 10.0. The number of Topliss-reactive ketones (excluding diaryl/α,β-unsaturated/α-hetero) is 1. The first-order valence-electron chi connectivity index (χ1n) is 6.57. The number of nitrogens with one attached hydrogen (secondary N) is 1. The lowest BCUT2D eigenvalue weighted by Gasteiger charge is -2.13. The molecule has 1 aromatic rings. The molecule has 0 aliphatic heterocycles. The van der Waals surface area contributed by atoms with Gasteiger partial charge in [0.2, 0.25) is 0 Å². The maximum atomic E-state index is 11.6. The van der Waals surface area contributed by atoms with Gasteiger partial charge in [-0.05, 0) is 12.5 Å². The molecule has 114 valence electrons. The SMILES string of the molecule is COC(=O)CC(=O)C[C@@H](C)NC(=O)OCc1ccccc1. The summed E-state index contributed by atoms with van der Waals surface area (Å²) < 4.78 is 9.43. The van der Waals surface area contributed by atoms with Crippen molar-refractivity contribution in [3.05, 3.63) is 35.9 Å². The second-order valence-corrected chi connectivity index (χ2v) is 4.60. The van der Waals surface area contributed by atoms with Crippen LogP contribution in [0.25, 0.3) is 0 Å². The highest BCUT2D eigenvalue weighted by molar-refractivity contribution is 5.95. The van der Waals surface area contributed by atoms with E-state index in [-0.39, 0.29) is 25.2 Å². The Morgan fingerprint density at radius 2 is 1.86 bits per heavy atom. The number of amides is 1. The van der Waals surface area contributed by atoms with Gasteiger partial charge in [0.15, 0.2) is 0 Å². The highest BCUT2D eigenvalue weighted by atomic mass is 16.5. The van der Waals surface area contributed by atoms with Crippen molar-refractivity contribution in [1.82, 2.24) is 5.32 Å². The van der Waals surface area contributed by atoms with Crippen LogP contribution in [-0.4, -0.2) is 31.0 Å². The van der Waals surface area contributed by atoms with E-state index in [0.717, 1.165) is 5.56 Å². The third-order valence-electron chi connectivity index (χ3n) is 2.68. The average molecular weight is 293 g/mol. The smallest absolute Gasteiger partial charge is 0.407 e. The number of hydrogen-bond donors (Lipinski definition) is 1. The van der Waals surface area contributed by atoms with Crippen molar-refractivity contribution in [2.45, 2.75) is 32.4 Å². The Bertz CT molecular complexity index is 486. The molecule has 0 bridgehead atoms. The molecule has 0 saturated heterocycles. The van der Waals surface area contributed by atoms with E-state index in [2.05, 4.69) is 10.1 Å². The topological polar surface area (TPSA) is 81.7 Å². The molecule has 21 heavy (non-hydrogen) atoms. The predicted octanol–water partition coefficient (Wildman–Crippen LogP) is 1.82. The molecule has 0 saturated carbocycles. The molecular formula is C15H19NO5. The van der Waals surface area contributed by atoms with Crippen molar-refractivity contribution in [1.29, 1.82) is 0 Å². The van der Waals surface area contributed by atoms with Crippen LogP contribution in [0.2, 0.25) is 0 Å². The van der Waals surface area contributed by atoms with E-state index in [4.69, 9.17) is 4.74 Å². The molecular weight excluding hydrogens is 274 g/mol. The molecule has 0 aliphatic rings. The molecule has 1 N–H and O–H groups in total. The van der Waals surface area contributed by atoms with E-state index in [9.17, 15) is 14.4 Å². The molecule has 0 fully saturated rings. The van der Waals surface area contributed by atoms with Gasteiger partial charge >= 0.3 is 12.1 Å². The van der Waals surface area contributed by atoms with Gasteiger partial charge in [0.1, 0.15) is 18.8 Å². The molecule has 0 heterocycles. The second-order valence-electron chi connectivity index (χ2n) is 4.60. The van der Waals surface area contributed by atoms with E-state index < -0.39 is 18.1 Å². The zero-order valence-corrected chi connectivity index (χ0v) is 12.1. The fourth-order valence-corrected chi connectivity index (χ4v) is 1.66. The first-order valence-corrected chi connectivity index (χ1v) is 6.57. The number of alkyl carbamates (subject to hydrolysis) is 1. The van der Waals surface area contributed by atoms with E-state index in [1.165, 1.54) is 7.11 Å². The van der Waals surface area contributed by atoms with E-state index in [0.29, 0.717) is 0 Å². The number of esters is 1. The zero-order chi connectivity index (χ0) is 15.7. The van der Waals surface area contributed by atoms with Crippen molar-refractivity contribution in [2.24, 2.45) is 0 Å². The van der Waals surface area contributed by atoms with Gasteiger partial charge in [-0.1, -0.05) is 30.3 Å². The number of carbonyl (C=O) groups is 3. The monoisotopic (exact) mass is 293 g/mol. The van der Waals surface area contributed by atoms with Crippen LogP contribution in [0.1, 0.15) is 25.3 Å². The third kappa shape index (κ3) is 7.10. The fourth-order valence-electron chi connectivity index (χ4n) is 1.66. The summed E-state index contributed by atoms with van der Waals surface area (Å²) >= 11 is 0. The fraction of sp³-hybridized carbons (Fsp3) is 0.400. The van der Waals surface area contributed by atoms with Gasteiger partial charge in [-0.2, -0.15) is 0 Å². The van der Waals surface area contributed by atoms with Gasteiger partial charge < -0.3 is 14.8 Å². The van der Waals surface area contributed by atoms with Crippen LogP contribution >= 0.6 is 0 Å². The molecule has 0 aromatic heterocycles. The second kappa shape index (κ2) is 8.73. The number of hydrogen-bond acceptors (Lipinski definition) is 5. The summed E-state index contributed by atoms with van der Waals surface area (Å²) in [5, 5.41) is 2.54. The van der Waals surface area contributed by atoms with Crippen LogP contribution in [0.3, 0.4) is 0 Å². The van der Waals surface area contributed by atoms with Gasteiger partial charge in [-0.25, -0.2) is 4.79 Å². The Balaban J connectivity index is 2.27. The Labute approximate surface area is 123 Å². The summed E-state index contributed by atoms with van der Waals surface area (Å²) in [7, 11) is 1.22. The van der Waals surface area contributed by atoms with Gasteiger partial charge in [-0.15, -0.1) is 0 Å². The first kappa shape index (κ1) is 16.7. The van der Waals surface area contributed by atoms with E-state index >= 15 is 0 Å². The highest BCUT2D eigenvalue weighted by Gasteiger charge is 2.15. The molecule has 0 aliphatic carbocycles. The molecule has 6 heteroatoms.